The summed E-state index contributed by atoms with van der Waals surface area (Å²) in [6.45, 7) is 3.59. The van der Waals surface area contributed by atoms with Gasteiger partial charge in [0, 0.05) is 12.2 Å². The molecule has 0 aromatic heterocycles. The van der Waals surface area contributed by atoms with Crippen molar-refractivity contribution >= 4 is 0 Å². The molecule has 0 bridgehead atoms. The van der Waals surface area contributed by atoms with Crippen LogP contribution in [0.25, 0.3) is 11.1 Å². The molecule has 33 heavy (non-hydrogen) atoms. The summed E-state index contributed by atoms with van der Waals surface area (Å²) >= 11 is 0. The first-order chi connectivity index (χ1) is 15.6. The highest BCUT2D eigenvalue weighted by molar-refractivity contribution is 5.67. The van der Waals surface area contributed by atoms with Gasteiger partial charge in [-0.2, -0.15) is 22.0 Å². The van der Waals surface area contributed by atoms with Crippen molar-refractivity contribution in [2.24, 2.45) is 5.92 Å². The summed E-state index contributed by atoms with van der Waals surface area (Å²) in [6, 6.07) is 8.17. The molecule has 2 unspecified atom stereocenters. The molecule has 0 saturated carbocycles. The van der Waals surface area contributed by atoms with E-state index in [1.54, 1.807) is 19.1 Å². The molecule has 9 heteroatoms. The first kappa shape index (κ1) is 25.4. The van der Waals surface area contributed by atoms with Crippen molar-refractivity contribution in [1.29, 1.82) is 0 Å². The van der Waals surface area contributed by atoms with Crippen LogP contribution in [0.5, 0.6) is 5.75 Å². The Bertz CT molecular complexity index is 919. The minimum absolute atomic E-state index is 0.0797. The molecule has 1 saturated heterocycles. The quantitative estimate of drug-likeness (QED) is 0.377. The van der Waals surface area contributed by atoms with E-state index in [9.17, 15) is 22.0 Å². The lowest BCUT2D eigenvalue weighted by atomic mass is 9.98. The summed E-state index contributed by atoms with van der Waals surface area (Å²) in [6.07, 6.45) is -8.16. The first-order valence-corrected chi connectivity index (χ1v) is 10.9. The van der Waals surface area contributed by atoms with Crippen LogP contribution in [-0.2, 0) is 22.1 Å². The Kier molecular flexibility index (Phi) is 7.95. The molecule has 3 nitrogen and oxygen atoms in total. The lowest BCUT2D eigenvalue weighted by molar-refractivity contribution is -0.264. The lowest BCUT2D eigenvalue weighted by Crippen LogP contribution is -2.42. The van der Waals surface area contributed by atoms with E-state index in [1.807, 2.05) is 6.92 Å². The molecular formula is C24H26F6O3. The standard InChI is InChI=1S/C24H26F6O3/c1-3-5-15-6-8-16(9-7-15)18-11-12-19(21(22(18)25)23(26,27)28)33-24(29,30)17-10-13-20(31-4-2)32-14-17/h6-9,11-12,17,20H,3-5,10,13-14H2,1-2H3. The number of ether oxygens (including phenoxy) is 3. The molecule has 0 spiro atoms. The molecule has 182 valence electrons. The Labute approximate surface area is 188 Å². The van der Waals surface area contributed by atoms with Crippen molar-refractivity contribution in [2.45, 2.75) is 58.1 Å². The van der Waals surface area contributed by atoms with Gasteiger partial charge in [-0.3, -0.25) is 0 Å². The van der Waals surface area contributed by atoms with Gasteiger partial charge in [-0.1, -0.05) is 37.6 Å². The van der Waals surface area contributed by atoms with Crippen LogP contribution < -0.4 is 4.74 Å². The van der Waals surface area contributed by atoms with E-state index in [0.29, 0.717) is 6.61 Å². The molecule has 1 heterocycles. The Balaban J connectivity index is 1.88. The van der Waals surface area contributed by atoms with Gasteiger partial charge in [-0.15, -0.1) is 0 Å². The summed E-state index contributed by atoms with van der Waals surface area (Å²) in [7, 11) is 0. The molecule has 0 radical (unpaired) electrons. The molecule has 3 rings (SSSR count). The second-order valence-corrected chi connectivity index (χ2v) is 7.90. The predicted molar refractivity (Wildman–Crippen MR) is 110 cm³/mol. The number of halogens is 6. The SMILES string of the molecule is CCCc1ccc(-c2ccc(OC(F)(F)C3CCC(OCC)OC3)c(C(F)(F)F)c2F)cc1. The summed E-state index contributed by atoms with van der Waals surface area (Å²) in [5.41, 5.74) is -1.04. The molecular weight excluding hydrogens is 450 g/mol. The van der Waals surface area contributed by atoms with Gasteiger partial charge >= 0.3 is 12.3 Å². The van der Waals surface area contributed by atoms with Crippen LogP contribution in [0.1, 0.15) is 44.2 Å². The minimum Gasteiger partial charge on any atom is -0.432 e. The number of rotatable bonds is 8. The second kappa shape index (κ2) is 10.3. The Morgan fingerprint density at radius 2 is 1.67 bits per heavy atom. The van der Waals surface area contributed by atoms with E-state index in [4.69, 9.17) is 9.47 Å². The topological polar surface area (TPSA) is 27.7 Å². The van der Waals surface area contributed by atoms with Crippen LogP contribution in [0.15, 0.2) is 36.4 Å². The van der Waals surface area contributed by atoms with Crippen molar-refractivity contribution in [3.63, 3.8) is 0 Å². The zero-order valence-electron chi connectivity index (χ0n) is 18.4. The number of hydrogen-bond donors (Lipinski definition) is 0. The Morgan fingerprint density at radius 3 is 2.21 bits per heavy atom. The Morgan fingerprint density at radius 1 is 0.970 bits per heavy atom. The lowest BCUT2D eigenvalue weighted by Gasteiger charge is -2.33. The van der Waals surface area contributed by atoms with Crippen LogP contribution >= 0.6 is 0 Å². The van der Waals surface area contributed by atoms with E-state index in [1.165, 1.54) is 12.1 Å². The third-order valence-electron chi connectivity index (χ3n) is 5.50. The minimum atomic E-state index is -5.24. The van der Waals surface area contributed by atoms with Crippen LogP contribution in [-0.4, -0.2) is 25.6 Å². The fraction of sp³-hybridized carbons (Fsp3) is 0.500. The molecule has 1 fully saturated rings. The van der Waals surface area contributed by atoms with E-state index >= 15 is 4.39 Å². The van der Waals surface area contributed by atoms with Crippen molar-refractivity contribution in [2.75, 3.05) is 13.2 Å². The maximum atomic E-state index is 15.0. The van der Waals surface area contributed by atoms with Crippen molar-refractivity contribution < 1.29 is 40.6 Å². The molecule has 0 N–H and O–H groups in total. The van der Waals surface area contributed by atoms with Gasteiger partial charge in [0.25, 0.3) is 0 Å². The van der Waals surface area contributed by atoms with E-state index in [2.05, 4.69) is 4.74 Å². The molecule has 2 atom stereocenters. The van der Waals surface area contributed by atoms with Crippen molar-refractivity contribution in [1.82, 2.24) is 0 Å². The predicted octanol–water partition coefficient (Wildman–Crippen LogP) is 7.22. The first-order valence-electron chi connectivity index (χ1n) is 10.9. The van der Waals surface area contributed by atoms with Crippen LogP contribution in [0.2, 0.25) is 0 Å². The van der Waals surface area contributed by atoms with Crippen LogP contribution in [0, 0.1) is 11.7 Å². The van der Waals surface area contributed by atoms with Gasteiger partial charge in [0.05, 0.1) is 12.5 Å². The Hall–Kier alpha value is -2.26. The molecule has 1 aliphatic rings. The van der Waals surface area contributed by atoms with Gasteiger partial charge in [0.2, 0.25) is 0 Å². The molecule has 2 aromatic carbocycles. The van der Waals surface area contributed by atoms with Crippen LogP contribution in [0.4, 0.5) is 26.3 Å². The summed E-state index contributed by atoms with van der Waals surface area (Å²) in [5, 5.41) is 0. The molecule has 0 amide bonds. The number of hydrogen-bond acceptors (Lipinski definition) is 3. The fourth-order valence-electron chi connectivity index (χ4n) is 3.81. The normalized spacial score (nSPS) is 19.5. The second-order valence-electron chi connectivity index (χ2n) is 7.90. The molecule has 1 aliphatic heterocycles. The summed E-state index contributed by atoms with van der Waals surface area (Å²) < 4.78 is 101. The van der Waals surface area contributed by atoms with E-state index in [-0.39, 0.29) is 24.0 Å². The smallest absolute Gasteiger partial charge is 0.422 e. The maximum Gasteiger partial charge on any atom is 0.422 e. The zero-order chi connectivity index (χ0) is 24.2. The summed E-state index contributed by atoms with van der Waals surface area (Å²) in [4.78, 5) is 0. The molecule has 0 aliphatic carbocycles. The highest BCUT2D eigenvalue weighted by Crippen LogP contribution is 2.44. The van der Waals surface area contributed by atoms with Gasteiger partial charge in [-0.05, 0) is 49.4 Å². The van der Waals surface area contributed by atoms with Crippen molar-refractivity contribution in [3.05, 3.63) is 53.3 Å². The highest BCUT2D eigenvalue weighted by Gasteiger charge is 2.48. The highest BCUT2D eigenvalue weighted by atomic mass is 19.4. The largest absolute Gasteiger partial charge is 0.432 e. The maximum absolute atomic E-state index is 15.0. The van der Waals surface area contributed by atoms with Gasteiger partial charge in [-0.25, -0.2) is 4.39 Å². The third kappa shape index (κ3) is 6.00. The molecule has 2 aromatic rings. The summed E-state index contributed by atoms with van der Waals surface area (Å²) in [5.74, 6) is -4.41. The van der Waals surface area contributed by atoms with Gasteiger partial charge < -0.3 is 14.2 Å². The third-order valence-corrected chi connectivity index (χ3v) is 5.50. The average Bonchev–Trinajstić information content (AvgIpc) is 2.74. The van der Waals surface area contributed by atoms with E-state index in [0.717, 1.165) is 30.5 Å². The fourth-order valence-corrected chi connectivity index (χ4v) is 3.81. The number of benzene rings is 2. The zero-order valence-corrected chi connectivity index (χ0v) is 18.4. The van der Waals surface area contributed by atoms with Gasteiger partial charge in [0.1, 0.15) is 17.1 Å². The average molecular weight is 476 g/mol. The number of alkyl halides is 5. The van der Waals surface area contributed by atoms with Gasteiger partial charge in [0.15, 0.2) is 6.29 Å². The monoisotopic (exact) mass is 476 g/mol. The van der Waals surface area contributed by atoms with E-state index < -0.39 is 48.2 Å². The number of aryl methyl sites for hydroxylation is 1. The van der Waals surface area contributed by atoms with Crippen LogP contribution in [0.3, 0.4) is 0 Å². The van der Waals surface area contributed by atoms with Crippen molar-refractivity contribution in [3.8, 4) is 16.9 Å².